The lowest BCUT2D eigenvalue weighted by atomic mass is 10.0. The van der Waals surface area contributed by atoms with Gasteiger partial charge in [0.25, 0.3) is 0 Å². The standard InChI is InChI=1S/C13H16O2/c1-9(14)12-7-13(12)11-6-4-3-5-10(11)8-15-2/h3-6,12-13H,7-8H2,1-2H3. The highest BCUT2D eigenvalue weighted by atomic mass is 16.5. The normalized spacial score (nSPS) is 23.9. The van der Waals surface area contributed by atoms with Crippen molar-refractivity contribution in [3.8, 4) is 0 Å². The molecule has 1 aliphatic rings. The van der Waals surface area contributed by atoms with Crippen LogP contribution in [-0.4, -0.2) is 12.9 Å². The maximum absolute atomic E-state index is 11.2. The lowest BCUT2D eigenvalue weighted by molar-refractivity contribution is -0.118. The van der Waals surface area contributed by atoms with E-state index >= 15 is 0 Å². The molecule has 2 heteroatoms. The van der Waals surface area contributed by atoms with Gasteiger partial charge >= 0.3 is 0 Å². The molecule has 80 valence electrons. The second-order valence-electron chi connectivity index (χ2n) is 4.19. The van der Waals surface area contributed by atoms with Gasteiger partial charge in [0.2, 0.25) is 0 Å². The molecule has 15 heavy (non-hydrogen) atoms. The number of hydrogen-bond acceptors (Lipinski definition) is 2. The Morgan fingerprint density at radius 2 is 2.20 bits per heavy atom. The summed E-state index contributed by atoms with van der Waals surface area (Å²) in [5.74, 6) is 1.00. The lowest BCUT2D eigenvalue weighted by Crippen LogP contribution is -1.98. The monoisotopic (exact) mass is 204 g/mol. The minimum atomic E-state index is 0.253. The third-order valence-electron chi connectivity index (χ3n) is 3.07. The van der Waals surface area contributed by atoms with Crippen LogP contribution in [-0.2, 0) is 16.1 Å². The summed E-state index contributed by atoms with van der Waals surface area (Å²) in [7, 11) is 1.70. The van der Waals surface area contributed by atoms with Crippen LogP contribution >= 0.6 is 0 Å². The second kappa shape index (κ2) is 4.15. The molecule has 0 spiro atoms. The van der Waals surface area contributed by atoms with Crippen molar-refractivity contribution in [2.45, 2.75) is 25.9 Å². The van der Waals surface area contributed by atoms with Crippen LogP contribution < -0.4 is 0 Å². The van der Waals surface area contributed by atoms with Crippen molar-refractivity contribution >= 4 is 5.78 Å². The van der Waals surface area contributed by atoms with E-state index in [0.717, 1.165) is 6.42 Å². The van der Waals surface area contributed by atoms with Gasteiger partial charge in [-0.2, -0.15) is 0 Å². The summed E-state index contributed by atoms with van der Waals surface area (Å²) in [6.07, 6.45) is 1.01. The Kier molecular flexibility index (Phi) is 2.87. The van der Waals surface area contributed by atoms with E-state index in [1.54, 1.807) is 14.0 Å². The number of hydrogen-bond donors (Lipinski definition) is 0. The first-order valence-electron chi connectivity index (χ1n) is 5.31. The summed E-state index contributed by atoms with van der Waals surface area (Å²) in [5, 5.41) is 0. The number of rotatable bonds is 4. The van der Waals surface area contributed by atoms with E-state index in [-0.39, 0.29) is 5.92 Å². The fourth-order valence-electron chi connectivity index (χ4n) is 2.17. The van der Waals surface area contributed by atoms with E-state index in [9.17, 15) is 4.79 Å². The number of carbonyl (C=O) groups is 1. The van der Waals surface area contributed by atoms with Crippen LogP contribution in [0.15, 0.2) is 24.3 Å². The van der Waals surface area contributed by atoms with Crippen molar-refractivity contribution < 1.29 is 9.53 Å². The Morgan fingerprint density at radius 1 is 1.47 bits per heavy atom. The van der Waals surface area contributed by atoms with E-state index in [0.29, 0.717) is 18.3 Å². The summed E-state index contributed by atoms with van der Waals surface area (Å²) in [5.41, 5.74) is 2.51. The number of ketones is 1. The molecule has 0 aliphatic heterocycles. The molecule has 2 rings (SSSR count). The van der Waals surface area contributed by atoms with Gasteiger partial charge in [-0.3, -0.25) is 4.79 Å². The maximum atomic E-state index is 11.2. The zero-order valence-corrected chi connectivity index (χ0v) is 9.19. The first-order chi connectivity index (χ1) is 7.24. The highest BCUT2D eigenvalue weighted by Gasteiger charge is 2.42. The average Bonchev–Trinajstić information content (AvgIpc) is 2.99. The van der Waals surface area contributed by atoms with Crippen molar-refractivity contribution in [1.29, 1.82) is 0 Å². The molecular weight excluding hydrogens is 188 g/mol. The SMILES string of the molecule is COCc1ccccc1C1CC1C(C)=O. The van der Waals surface area contributed by atoms with Crippen LogP contribution in [0, 0.1) is 5.92 Å². The number of Topliss-reactive ketones (excluding diaryl/α,β-unsaturated/α-hetero) is 1. The molecule has 2 atom stereocenters. The van der Waals surface area contributed by atoms with Gasteiger partial charge in [0.05, 0.1) is 6.61 Å². The molecular formula is C13H16O2. The van der Waals surface area contributed by atoms with Gasteiger partial charge in [-0.1, -0.05) is 24.3 Å². The second-order valence-corrected chi connectivity index (χ2v) is 4.19. The smallest absolute Gasteiger partial charge is 0.133 e. The van der Waals surface area contributed by atoms with Crippen LogP contribution in [0.2, 0.25) is 0 Å². The molecule has 0 saturated heterocycles. The Balaban J connectivity index is 2.18. The van der Waals surface area contributed by atoms with Gasteiger partial charge in [0.15, 0.2) is 0 Å². The number of benzene rings is 1. The predicted octanol–water partition coefficient (Wildman–Crippen LogP) is 2.53. The van der Waals surface area contributed by atoms with Crippen LogP contribution in [0.1, 0.15) is 30.4 Å². The summed E-state index contributed by atoms with van der Waals surface area (Å²) in [4.78, 5) is 11.2. The molecule has 2 nitrogen and oxygen atoms in total. The molecule has 0 N–H and O–H groups in total. The molecule has 1 fully saturated rings. The lowest BCUT2D eigenvalue weighted by Gasteiger charge is -2.07. The first-order valence-corrected chi connectivity index (χ1v) is 5.31. The highest BCUT2D eigenvalue weighted by Crippen LogP contribution is 2.48. The largest absolute Gasteiger partial charge is 0.380 e. The molecule has 0 heterocycles. The van der Waals surface area contributed by atoms with Gasteiger partial charge in [-0.05, 0) is 30.4 Å². The van der Waals surface area contributed by atoms with E-state index in [2.05, 4.69) is 12.1 Å². The molecule has 2 unspecified atom stereocenters. The topological polar surface area (TPSA) is 26.3 Å². The quantitative estimate of drug-likeness (QED) is 0.753. The molecule has 0 radical (unpaired) electrons. The van der Waals surface area contributed by atoms with Crippen molar-refractivity contribution in [3.63, 3.8) is 0 Å². The third-order valence-corrected chi connectivity index (χ3v) is 3.07. The highest BCUT2D eigenvalue weighted by molar-refractivity contribution is 5.82. The molecule has 0 aromatic heterocycles. The molecule has 0 amide bonds. The van der Waals surface area contributed by atoms with Crippen LogP contribution in [0.25, 0.3) is 0 Å². The minimum Gasteiger partial charge on any atom is -0.380 e. The fourth-order valence-corrected chi connectivity index (χ4v) is 2.17. The first kappa shape index (κ1) is 10.4. The predicted molar refractivity (Wildman–Crippen MR) is 58.7 cm³/mol. The van der Waals surface area contributed by atoms with Gasteiger partial charge in [0, 0.05) is 13.0 Å². The van der Waals surface area contributed by atoms with Gasteiger partial charge < -0.3 is 4.74 Å². The molecule has 1 aromatic rings. The van der Waals surface area contributed by atoms with Crippen molar-refractivity contribution in [2.24, 2.45) is 5.92 Å². The zero-order valence-electron chi connectivity index (χ0n) is 9.19. The fraction of sp³-hybridized carbons (Fsp3) is 0.462. The Bertz CT molecular complexity index is 371. The van der Waals surface area contributed by atoms with Crippen LogP contribution in [0.3, 0.4) is 0 Å². The molecule has 1 aliphatic carbocycles. The van der Waals surface area contributed by atoms with E-state index < -0.39 is 0 Å². The summed E-state index contributed by atoms with van der Waals surface area (Å²) in [6, 6.07) is 8.24. The Labute approximate surface area is 90.3 Å². The number of ether oxygens (including phenoxy) is 1. The van der Waals surface area contributed by atoms with Crippen molar-refractivity contribution in [2.75, 3.05) is 7.11 Å². The molecule has 1 aromatic carbocycles. The maximum Gasteiger partial charge on any atom is 0.133 e. The average molecular weight is 204 g/mol. The number of carbonyl (C=O) groups excluding carboxylic acids is 1. The summed E-state index contributed by atoms with van der Waals surface area (Å²) >= 11 is 0. The Hall–Kier alpha value is -1.15. The summed E-state index contributed by atoms with van der Waals surface area (Å²) in [6.45, 7) is 2.32. The van der Waals surface area contributed by atoms with E-state index in [1.807, 2.05) is 12.1 Å². The van der Waals surface area contributed by atoms with E-state index in [4.69, 9.17) is 4.74 Å². The van der Waals surface area contributed by atoms with E-state index in [1.165, 1.54) is 11.1 Å². The van der Waals surface area contributed by atoms with Crippen LogP contribution in [0.5, 0.6) is 0 Å². The van der Waals surface area contributed by atoms with Gasteiger partial charge in [-0.25, -0.2) is 0 Å². The van der Waals surface area contributed by atoms with Crippen LogP contribution in [0.4, 0.5) is 0 Å². The minimum absolute atomic E-state index is 0.253. The third kappa shape index (κ3) is 2.10. The Morgan fingerprint density at radius 3 is 2.80 bits per heavy atom. The molecule has 1 saturated carbocycles. The van der Waals surface area contributed by atoms with Gasteiger partial charge in [-0.15, -0.1) is 0 Å². The van der Waals surface area contributed by atoms with Gasteiger partial charge in [0.1, 0.15) is 5.78 Å². The van der Waals surface area contributed by atoms with Crippen molar-refractivity contribution in [3.05, 3.63) is 35.4 Å². The summed E-state index contributed by atoms with van der Waals surface area (Å²) < 4.78 is 5.16. The number of methoxy groups -OCH3 is 1. The van der Waals surface area contributed by atoms with Crippen molar-refractivity contribution in [1.82, 2.24) is 0 Å². The zero-order chi connectivity index (χ0) is 10.8. The molecule has 0 bridgehead atoms.